The minimum absolute atomic E-state index is 0.00587. The molecule has 1 aliphatic rings. The highest BCUT2D eigenvalue weighted by atomic mass is 32.2. The van der Waals surface area contributed by atoms with Crippen LogP contribution in [0, 0.1) is 23.1 Å². The average Bonchev–Trinajstić information content (AvgIpc) is 3.27. The van der Waals surface area contributed by atoms with Gasteiger partial charge in [0.15, 0.2) is 6.19 Å². The summed E-state index contributed by atoms with van der Waals surface area (Å²) in [6.45, 7) is 1.46. The number of rotatable bonds is 7. The molecule has 13 heteroatoms. The number of benzene rings is 2. The molecule has 0 saturated carbocycles. The Kier molecular flexibility index (Phi) is 9.15. The molecule has 2 aromatic rings. The number of aliphatic imine (C=N–C) groups is 1. The lowest BCUT2D eigenvalue weighted by molar-refractivity contribution is -0.117. The fourth-order valence-electron chi connectivity index (χ4n) is 3.59. The van der Waals surface area contributed by atoms with Crippen LogP contribution in [0.25, 0.3) is 0 Å². The van der Waals surface area contributed by atoms with Crippen LogP contribution in [0.5, 0.6) is 0 Å². The molecule has 1 heterocycles. The summed E-state index contributed by atoms with van der Waals surface area (Å²) in [6, 6.07) is 11.4. The largest absolute Gasteiger partial charge is 0.365 e. The van der Waals surface area contributed by atoms with Gasteiger partial charge in [-0.05, 0) is 36.6 Å². The Labute approximate surface area is 216 Å². The van der Waals surface area contributed by atoms with E-state index in [4.69, 9.17) is 10.1 Å². The van der Waals surface area contributed by atoms with Gasteiger partial charge in [0.1, 0.15) is 21.5 Å². The third-order valence-corrected chi connectivity index (χ3v) is 6.76. The molecular formula is C24H25F2N7O3S. The van der Waals surface area contributed by atoms with Crippen molar-refractivity contribution in [2.45, 2.75) is 24.6 Å². The van der Waals surface area contributed by atoms with E-state index in [9.17, 15) is 18.4 Å². The molecule has 1 unspecified atom stereocenters. The number of hydrogen-bond donors (Lipinski definition) is 2. The van der Waals surface area contributed by atoms with Crippen LogP contribution in [0.2, 0.25) is 0 Å². The lowest BCUT2D eigenvalue weighted by atomic mass is 10.0. The van der Waals surface area contributed by atoms with Crippen LogP contribution in [0.1, 0.15) is 30.9 Å². The molecule has 1 aliphatic heterocycles. The lowest BCUT2D eigenvalue weighted by Crippen LogP contribution is -2.47. The van der Waals surface area contributed by atoms with Crippen molar-refractivity contribution < 1.29 is 23.2 Å². The summed E-state index contributed by atoms with van der Waals surface area (Å²) < 4.78 is 28.7. The molecule has 194 valence electrons. The first kappa shape index (κ1) is 27.6. The third kappa shape index (κ3) is 6.41. The molecule has 2 aromatic carbocycles. The van der Waals surface area contributed by atoms with Crippen molar-refractivity contribution in [1.82, 2.24) is 20.7 Å². The number of carbonyl (C=O) groups is 2. The van der Waals surface area contributed by atoms with Crippen LogP contribution in [-0.4, -0.2) is 53.7 Å². The van der Waals surface area contributed by atoms with Crippen molar-refractivity contribution in [3.63, 3.8) is 0 Å². The van der Waals surface area contributed by atoms with E-state index in [0.717, 1.165) is 35.0 Å². The maximum absolute atomic E-state index is 14.7. The molecule has 0 spiro atoms. The molecule has 0 aromatic heterocycles. The van der Waals surface area contributed by atoms with Gasteiger partial charge < -0.3 is 0 Å². The van der Waals surface area contributed by atoms with Gasteiger partial charge in [0.2, 0.25) is 11.9 Å². The number of hydroxylamine groups is 2. The molecule has 0 fully saturated rings. The minimum atomic E-state index is -1.16. The number of amides is 3. The van der Waals surface area contributed by atoms with Crippen molar-refractivity contribution in [3.8, 4) is 6.19 Å². The molecule has 3 rings (SSSR count). The van der Waals surface area contributed by atoms with Gasteiger partial charge in [0.25, 0.3) is 0 Å². The summed E-state index contributed by atoms with van der Waals surface area (Å²) in [6.07, 6.45) is 2.35. The van der Waals surface area contributed by atoms with E-state index >= 15 is 0 Å². The van der Waals surface area contributed by atoms with Crippen molar-refractivity contribution in [3.05, 3.63) is 71.3 Å². The van der Waals surface area contributed by atoms with Gasteiger partial charge in [-0.2, -0.15) is 15.4 Å². The normalized spacial score (nSPS) is 17.1. The molecule has 0 radical (unpaired) electrons. The zero-order valence-electron chi connectivity index (χ0n) is 20.4. The van der Waals surface area contributed by atoms with Gasteiger partial charge in [0, 0.05) is 26.1 Å². The second-order valence-electron chi connectivity index (χ2n) is 7.81. The summed E-state index contributed by atoms with van der Waals surface area (Å²) in [5, 5.41) is 20.3. The molecule has 37 heavy (non-hydrogen) atoms. The maximum Gasteiger partial charge on any atom is 0.365 e. The number of nitrogens with zero attached hydrogens (tertiary/aromatic N) is 5. The predicted molar refractivity (Wildman–Crippen MR) is 135 cm³/mol. The number of guanidine groups is 1. The van der Waals surface area contributed by atoms with E-state index in [2.05, 4.69) is 20.7 Å². The standard InChI is InChI=1S/C24H25F2N7O3S/c1-16(34)30-22(29-15-27)28-13-7-12-24(17-8-5-4-6-9-17)33(23(35)32(2)36-3)31-21(37-24)19-14-18(25)10-11-20(19)26/h4-6,8-11,14H,7,12-13H2,1-3H3,(H2,28,29,30,34). The van der Waals surface area contributed by atoms with Gasteiger partial charge in [-0.1, -0.05) is 42.1 Å². The topological polar surface area (TPSA) is 122 Å². The van der Waals surface area contributed by atoms with E-state index in [-0.39, 0.29) is 29.5 Å². The van der Waals surface area contributed by atoms with E-state index < -0.39 is 28.4 Å². The Balaban J connectivity index is 2.02. The van der Waals surface area contributed by atoms with E-state index in [1.807, 2.05) is 18.2 Å². The maximum atomic E-state index is 14.7. The Morgan fingerprint density at radius 3 is 2.65 bits per heavy atom. The molecule has 3 amide bonds. The van der Waals surface area contributed by atoms with Gasteiger partial charge in [-0.3, -0.25) is 25.3 Å². The molecule has 0 saturated heterocycles. The SMILES string of the molecule is CON(C)C(=O)N1N=C(c2cc(F)ccc2F)SC1(CCCN=C(NC#N)NC(C)=O)c1ccccc1. The van der Waals surface area contributed by atoms with Crippen LogP contribution < -0.4 is 10.6 Å². The van der Waals surface area contributed by atoms with Crippen LogP contribution >= 0.6 is 11.8 Å². The quantitative estimate of drug-likeness (QED) is 0.141. The first-order valence-corrected chi connectivity index (χ1v) is 11.9. The van der Waals surface area contributed by atoms with E-state index in [0.29, 0.717) is 12.0 Å². The smallest absolute Gasteiger partial charge is 0.296 e. The third-order valence-electron chi connectivity index (χ3n) is 5.32. The highest BCUT2D eigenvalue weighted by Crippen LogP contribution is 2.51. The van der Waals surface area contributed by atoms with Crippen molar-refractivity contribution in [2.24, 2.45) is 10.1 Å². The van der Waals surface area contributed by atoms with Gasteiger partial charge in [0.05, 0.1) is 7.11 Å². The minimum Gasteiger partial charge on any atom is -0.296 e. The monoisotopic (exact) mass is 529 g/mol. The molecule has 0 aliphatic carbocycles. The second kappa shape index (κ2) is 12.3. The molecule has 2 N–H and O–H groups in total. The zero-order valence-corrected chi connectivity index (χ0v) is 21.2. The lowest BCUT2D eigenvalue weighted by Gasteiger charge is -2.37. The van der Waals surface area contributed by atoms with Crippen LogP contribution in [0.3, 0.4) is 0 Å². The molecule has 10 nitrogen and oxygen atoms in total. The number of hydrazone groups is 1. The summed E-state index contributed by atoms with van der Waals surface area (Å²) in [4.78, 5) is 32.9. The summed E-state index contributed by atoms with van der Waals surface area (Å²) in [7, 11) is 2.74. The number of hydrogen-bond acceptors (Lipinski definition) is 7. The van der Waals surface area contributed by atoms with Gasteiger partial charge >= 0.3 is 6.03 Å². The Hall–Kier alpha value is -4.02. The summed E-state index contributed by atoms with van der Waals surface area (Å²) in [5.74, 6) is -1.73. The number of nitrogens with one attached hydrogen (secondary N) is 2. The Morgan fingerprint density at radius 1 is 1.27 bits per heavy atom. The van der Waals surface area contributed by atoms with Crippen LogP contribution in [-0.2, 0) is 14.5 Å². The Bertz CT molecular complexity index is 1250. The van der Waals surface area contributed by atoms with Crippen LogP contribution in [0.4, 0.5) is 13.6 Å². The van der Waals surface area contributed by atoms with E-state index in [1.54, 1.807) is 18.3 Å². The van der Waals surface area contributed by atoms with Crippen molar-refractivity contribution in [1.29, 1.82) is 5.26 Å². The fraction of sp³-hybridized carbons (Fsp3) is 0.292. The first-order valence-electron chi connectivity index (χ1n) is 11.1. The zero-order chi connectivity index (χ0) is 27.0. The highest BCUT2D eigenvalue weighted by molar-refractivity contribution is 8.15. The van der Waals surface area contributed by atoms with Crippen molar-refractivity contribution >= 4 is 34.7 Å². The average molecular weight is 530 g/mol. The summed E-state index contributed by atoms with van der Waals surface area (Å²) in [5.41, 5.74) is 0.611. The number of carbonyl (C=O) groups excluding carboxylic acids is 2. The van der Waals surface area contributed by atoms with Gasteiger partial charge in [-0.15, -0.1) is 0 Å². The number of thioether (sulfide) groups is 1. The predicted octanol–water partition coefficient (Wildman–Crippen LogP) is 3.48. The summed E-state index contributed by atoms with van der Waals surface area (Å²) >= 11 is 1.11. The molecule has 0 bridgehead atoms. The first-order chi connectivity index (χ1) is 17.7. The number of halogens is 2. The van der Waals surface area contributed by atoms with E-state index in [1.165, 1.54) is 26.1 Å². The fourth-order valence-corrected chi connectivity index (χ4v) is 5.01. The Morgan fingerprint density at radius 2 is 2.00 bits per heavy atom. The highest BCUT2D eigenvalue weighted by Gasteiger charge is 2.49. The number of nitriles is 1. The number of urea groups is 1. The van der Waals surface area contributed by atoms with Crippen LogP contribution in [0.15, 0.2) is 58.6 Å². The van der Waals surface area contributed by atoms with Gasteiger partial charge in [-0.25, -0.2) is 18.6 Å². The second-order valence-corrected chi connectivity index (χ2v) is 9.07. The van der Waals surface area contributed by atoms with Crippen molar-refractivity contribution in [2.75, 3.05) is 20.7 Å². The molecule has 1 atom stereocenters. The molecular weight excluding hydrogens is 504 g/mol.